The average Bonchev–Trinajstić information content (AvgIpc) is 2.96. The molecule has 0 bridgehead atoms. The van der Waals surface area contributed by atoms with Crippen molar-refractivity contribution in [3.05, 3.63) is 58.2 Å². The molecule has 2 aromatic carbocycles. The third kappa shape index (κ3) is 1.87. The number of nitrogens with zero attached hydrogens (tertiary/aromatic N) is 2. The standard InChI is InChI=1S/C15H8BrClN2S/c16-9-5-6-13-14(7-9)20-15-18-12(8-19(13)15)10-3-1-2-4-11(10)17/h1-8H. The van der Waals surface area contributed by atoms with Gasteiger partial charge >= 0.3 is 0 Å². The zero-order chi connectivity index (χ0) is 13.7. The Morgan fingerprint density at radius 3 is 2.85 bits per heavy atom. The average molecular weight is 364 g/mol. The van der Waals surface area contributed by atoms with Gasteiger partial charge in [-0.1, -0.05) is 57.1 Å². The first-order valence-electron chi connectivity index (χ1n) is 6.04. The highest BCUT2D eigenvalue weighted by Gasteiger charge is 2.12. The van der Waals surface area contributed by atoms with E-state index in [0.717, 1.165) is 25.7 Å². The number of benzene rings is 2. The van der Waals surface area contributed by atoms with Gasteiger partial charge in [0.05, 0.1) is 20.9 Å². The minimum absolute atomic E-state index is 0.727. The van der Waals surface area contributed by atoms with Gasteiger partial charge in [0.1, 0.15) is 0 Å². The van der Waals surface area contributed by atoms with Crippen LogP contribution >= 0.6 is 38.9 Å². The second-order valence-corrected chi connectivity index (χ2v) is 6.80. The molecule has 20 heavy (non-hydrogen) atoms. The first-order chi connectivity index (χ1) is 9.72. The summed E-state index contributed by atoms with van der Waals surface area (Å²) in [5.74, 6) is 0. The Labute approximate surface area is 132 Å². The van der Waals surface area contributed by atoms with E-state index < -0.39 is 0 Å². The maximum Gasteiger partial charge on any atom is 0.195 e. The summed E-state index contributed by atoms with van der Waals surface area (Å²) in [6.07, 6.45) is 2.04. The van der Waals surface area contributed by atoms with Gasteiger partial charge in [-0.05, 0) is 24.3 Å². The minimum atomic E-state index is 0.727. The van der Waals surface area contributed by atoms with Crippen LogP contribution in [0.1, 0.15) is 0 Å². The molecular formula is C15H8BrClN2S. The molecule has 0 spiro atoms. The number of hydrogen-bond acceptors (Lipinski definition) is 2. The van der Waals surface area contributed by atoms with Crippen LogP contribution in [0.4, 0.5) is 0 Å². The van der Waals surface area contributed by atoms with Crippen molar-refractivity contribution in [1.29, 1.82) is 0 Å². The minimum Gasteiger partial charge on any atom is -0.290 e. The predicted molar refractivity (Wildman–Crippen MR) is 88.7 cm³/mol. The Kier molecular flexibility index (Phi) is 2.84. The van der Waals surface area contributed by atoms with Gasteiger partial charge in [-0.2, -0.15) is 0 Å². The van der Waals surface area contributed by atoms with E-state index in [1.807, 2.05) is 36.5 Å². The third-order valence-electron chi connectivity index (χ3n) is 3.21. The van der Waals surface area contributed by atoms with Crippen LogP contribution < -0.4 is 0 Å². The van der Waals surface area contributed by atoms with Crippen LogP contribution in [0.2, 0.25) is 5.02 Å². The van der Waals surface area contributed by atoms with Gasteiger partial charge < -0.3 is 0 Å². The number of aromatic nitrogens is 2. The van der Waals surface area contributed by atoms with Crippen molar-refractivity contribution in [3.8, 4) is 11.3 Å². The van der Waals surface area contributed by atoms with Crippen molar-refractivity contribution in [3.63, 3.8) is 0 Å². The zero-order valence-electron chi connectivity index (χ0n) is 10.2. The highest BCUT2D eigenvalue weighted by atomic mass is 79.9. The first-order valence-corrected chi connectivity index (χ1v) is 8.03. The van der Waals surface area contributed by atoms with Crippen molar-refractivity contribution in [1.82, 2.24) is 9.38 Å². The van der Waals surface area contributed by atoms with Gasteiger partial charge in [0.2, 0.25) is 0 Å². The molecule has 0 unspecified atom stereocenters. The van der Waals surface area contributed by atoms with Crippen molar-refractivity contribution in [2.24, 2.45) is 0 Å². The summed E-state index contributed by atoms with van der Waals surface area (Å²) in [6, 6.07) is 14.0. The lowest BCUT2D eigenvalue weighted by atomic mass is 10.2. The molecule has 2 nitrogen and oxygen atoms in total. The molecule has 5 heteroatoms. The van der Waals surface area contributed by atoms with Crippen LogP contribution in [0.25, 0.3) is 26.4 Å². The van der Waals surface area contributed by atoms with Gasteiger partial charge in [-0.25, -0.2) is 4.98 Å². The summed E-state index contributed by atoms with van der Waals surface area (Å²) in [5.41, 5.74) is 3.04. The molecule has 0 fully saturated rings. The molecule has 2 aromatic heterocycles. The summed E-state index contributed by atoms with van der Waals surface area (Å²) >= 11 is 11.4. The number of rotatable bonds is 1. The normalized spacial score (nSPS) is 11.5. The van der Waals surface area contributed by atoms with Gasteiger partial charge in [0, 0.05) is 16.2 Å². The maximum atomic E-state index is 6.24. The first kappa shape index (κ1) is 12.4. The lowest BCUT2D eigenvalue weighted by molar-refractivity contribution is 1.30. The second-order valence-electron chi connectivity index (χ2n) is 4.47. The monoisotopic (exact) mass is 362 g/mol. The fourth-order valence-corrected chi connectivity index (χ4v) is 4.07. The number of hydrogen-bond donors (Lipinski definition) is 0. The Balaban J connectivity index is 1.98. The molecule has 4 rings (SSSR count). The van der Waals surface area contributed by atoms with E-state index in [0.29, 0.717) is 0 Å². The van der Waals surface area contributed by atoms with E-state index in [9.17, 15) is 0 Å². The molecule has 2 heterocycles. The SMILES string of the molecule is Clc1ccccc1-c1cn2c(n1)sc1cc(Br)ccc12. The third-order valence-corrected chi connectivity index (χ3v) is 5.05. The second kappa shape index (κ2) is 4.58. The van der Waals surface area contributed by atoms with Crippen molar-refractivity contribution in [2.45, 2.75) is 0 Å². The number of imidazole rings is 1. The molecule has 0 aliphatic rings. The molecule has 0 N–H and O–H groups in total. The molecule has 0 aliphatic heterocycles. The molecule has 4 aromatic rings. The largest absolute Gasteiger partial charge is 0.290 e. The maximum absolute atomic E-state index is 6.24. The van der Waals surface area contributed by atoms with Crippen molar-refractivity contribution in [2.75, 3.05) is 0 Å². The molecule has 0 saturated heterocycles. The van der Waals surface area contributed by atoms with Gasteiger partial charge in [0.25, 0.3) is 0 Å². The molecule has 0 aliphatic carbocycles. The summed E-state index contributed by atoms with van der Waals surface area (Å²) in [7, 11) is 0. The molecule has 0 amide bonds. The van der Waals surface area contributed by atoms with Crippen LogP contribution in [-0.4, -0.2) is 9.38 Å². The van der Waals surface area contributed by atoms with E-state index >= 15 is 0 Å². The van der Waals surface area contributed by atoms with Crippen molar-refractivity contribution >= 4 is 54.0 Å². The molecule has 0 saturated carbocycles. The Hall–Kier alpha value is -1.36. The summed E-state index contributed by atoms with van der Waals surface area (Å²) in [6.45, 7) is 0. The zero-order valence-corrected chi connectivity index (χ0v) is 13.3. The van der Waals surface area contributed by atoms with Crippen LogP contribution in [0, 0.1) is 0 Å². The van der Waals surface area contributed by atoms with E-state index in [2.05, 4.69) is 32.5 Å². The molecule has 98 valence electrons. The smallest absolute Gasteiger partial charge is 0.195 e. The quantitative estimate of drug-likeness (QED) is 0.428. The van der Waals surface area contributed by atoms with Gasteiger partial charge in [-0.15, -0.1) is 0 Å². The topological polar surface area (TPSA) is 17.3 Å². The highest BCUT2D eigenvalue weighted by Crippen LogP contribution is 2.33. The highest BCUT2D eigenvalue weighted by molar-refractivity contribution is 9.10. The van der Waals surface area contributed by atoms with E-state index in [-0.39, 0.29) is 0 Å². The fraction of sp³-hybridized carbons (Fsp3) is 0. The number of halogens is 2. The lowest BCUT2D eigenvalue weighted by Crippen LogP contribution is -1.79. The molecule has 0 radical (unpaired) electrons. The van der Waals surface area contributed by atoms with E-state index in [1.54, 1.807) is 11.3 Å². The Morgan fingerprint density at radius 1 is 1.15 bits per heavy atom. The Bertz CT molecular complexity index is 942. The van der Waals surface area contributed by atoms with Gasteiger partial charge in [-0.3, -0.25) is 4.40 Å². The number of thiazole rings is 1. The molecular weight excluding hydrogens is 356 g/mol. The summed E-state index contributed by atoms with van der Waals surface area (Å²) in [4.78, 5) is 5.67. The predicted octanol–water partition coefficient (Wildman–Crippen LogP) is 5.63. The Morgan fingerprint density at radius 2 is 2.00 bits per heavy atom. The van der Waals surface area contributed by atoms with E-state index in [1.165, 1.54) is 10.2 Å². The fourth-order valence-electron chi connectivity index (χ4n) is 2.27. The van der Waals surface area contributed by atoms with Crippen LogP contribution in [0.5, 0.6) is 0 Å². The van der Waals surface area contributed by atoms with Crippen LogP contribution in [0.3, 0.4) is 0 Å². The lowest BCUT2D eigenvalue weighted by Gasteiger charge is -1.98. The summed E-state index contributed by atoms with van der Waals surface area (Å²) < 4.78 is 4.42. The van der Waals surface area contributed by atoms with Gasteiger partial charge in [0.15, 0.2) is 4.96 Å². The molecule has 0 atom stereocenters. The van der Waals surface area contributed by atoms with Crippen molar-refractivity contribution < 1.29 is 0 Å². The van der Waals surface area contributed by atoms with E-state index in [4.69, 9.17) is 16.6 Å². The number of fused-ring (bicyclic) bond motifs is 3. The van der Waals surface area contributed by atoms with Crippen LogP contribution in [-0.2, 0) is 0 Å². The summed E-state index contributed by atoms with van der Waals surface area (Å²) in [5, 5.41) is 0.727. The van der Waals surface area contributed by atoms with Crippen LogP contribution in [0.15, 0.2) is 53.1 Å².